The Balaban J connectivity index is 2.30. The predicted molar refractivity (Wildman–Crippen MR) is 48.7 cm³/mol. The van der Waals surface area contributed by atoms with Crippen molar-refractivity contribution < 1.29 is 24.5 Å². The van der Waals surface area contributed by atoms with Gasteiger partial charge < -0.3 is 14.9 Å². The van der Waals surface area contributed by atoms with Crippen LogP contribution >= 0.6 is 0 Å². The Bertz CT molecular complexity index is 426. The van der Waals surface area contributed by atoms with Crippen LogP contribution in [0.15, 0.2) is 24.3 Å². The van der Waals surface area contributed by atoms with Crippen LogP contribution in [0.5, 0.6) is 0 Å². The van der Waals surface area contributed by atoms with Gasteiger partial charge in [-0.2, -0.15) is 0 Å². The van der Waals surface area contributed by atoms with Gasteiger partial charge in [0.2, 0.25) is 0 Å². The summed E-state index contributed by atoms with van der Waals surface area (Å²) in [5.41, 5.74) is 0.503. The largest absolute Gasteiger partial charge is 0.479 e. The SMILES string of the molecule is O=C(O)c1ccccc1C1OC1C(=O)O. The second-order valence-corrected chi connectivity index (χ2v) is 3.21. The lowest BCUT2D eigenvalue weighted by molar-refractivity contribution is -0.138. The Morgan fingerprint density at radius 1 is 1.20 bits per heavy atom. The maximum atomic E-state index is 10.8. The van der Waals surface area contributed by atoms with Crippen LogP contribution in [0.25, 0.3) is 0 Å². The second-order valence-electron chi connectivity index (χ2n) is 3.21. The van der Waals surface area contributed by atoms with Crippen LogP contribution in [0.3, 0.4) is 0 Å². The molecule has 0 amide bonds. The molecule has 1 aliphatic rings. The van der Waals surface area contributed by atoms with Gasteiger partial charge in [0.25, 0.3) is 0 Å². The number of carboxylic acids is 2. The molecule has 78 valence electrons. The lowest BCUT2D eigenvalue weighted by atomic mass is 10.0. The van der Waals surface area contributed by atoms with Crippen molar-refractivity contribution in [3.05, 3.63) is 35.4 Å². The number of aliphatic carboxylic acids is 1. The Kier molecular flexibility index (Phi) is 2.17. The van der Waals surface area contributed by atoms with E-state index in [4.69, 9.17) is 14.9 Å². The smallest absolute Gasteiger partial charge is 0.336 e. The monoisotopic (exact) mass is 208 g/mol. The van der Waals surface area contributed by atoms with Crippen molar-refractivity contribution in [1.29, 1.82) is 0 Å². The summed E-state index contributed by atoms with van der Waals surface area (Å²) < 4.78 is 4.89. The maximum absolute atomic E-state index is 10.8. The minimum atomic E-state index is -1.08. The van der Waals surface area contributed by atoms with Crippen LogP contribution in [0, 0.1) is 0 Å². The van der Waals surface area contributed by atoms with E-state index >= 15 is 0 Å². The first kappa shape index (κ1) is 9.67. The summed E-state index contributed by atoms with van der Waals surface area (Å²) in [7, 11) is 0. The molecule has 5 nitrogen and oxygen atoms in total. The molecule has 15 heavy (non-hydrogen) atoms. The van der Waals surface area contributed by atoms with Gasteiger partial charge in [0.05, 0.1) is 5.56 Å². The van der Waals surface area contributed by atoms with Crippen molar-refractivity contribution in [2.75, 3.05) is 0 Å². The third-order valence-electron chi connectivity index (χ3n) is 2.23. The van der Waals surface area contributed by atoms with E-state index in [2.05, 4.69) is 0 Å². The molecule has 2 rings (SSSR count). The molecule has 2 atom stereocenters. The highest BCUT2D eigenvalue weighted by atomic mass is 16.6. The number of carboxylic acid groups (broad SMARTS) is 2. The summed E-state index contributed by atoms with van der Waals surface area (Å²) in [5.74, 6) is -2.15. The Hall–Kier alpha value is -1.88. The topological polar surface area (TPSA) is 87.1 Å². The molecule has 0 spiro atoms. The van der Waals surface area contributed by atoms with Gasteiger partial charge in [-0.05, 0) is 11.6 Å². The highest BCUT2D eigenvalue weighted by molar-refractivity contribution is 5.90. The molecule has 0 aliphatic carbocycles. The summed E-state index contributed by atoms with van der Waals surface area (Å²) in [6.45, 7) is 0. The predicted octanol–water partition coefficient (Wildman–Crippen LogP) is 0.909. The molecule has 1 aromatic rings. The van der Waals surface area contributed by atoms with E-state index in [0.29, 0.717) is 5.56 Å². The molecule has 2 unspecified atom stereocenters. The Labute approximate surface area is 84.9 Å². The number of epoxide rings is 1. The number of ether oxygens (including phenoxy) is 1. The van der Waals surface area contributed by atoms with E-state index in [1.165, 1.54) is 6.07 Å². The number of aromatic carboxylic acids is 1. The lowest BCUT2D eigenvalue weighted by Crippen LogP contribution is -2.07. The quantitative estimate of drug-likeness (QED) is 0.721. The van der Waals surface area contributed by atoms with Gasteiger partial charge in [-0.1, -0.05) is 18.2 Å². The average Bonchev–Trinajstić information content (AvgIpc) is 2.97. The molecule has 1 aliphatic heterocycles. The third-order valence-corrected chi connectivity index (χ3v) is 2.23. The molecule has 0 radical (unpaired) electrons. The number of benzene rings is 1. The first-order valence-electron chi connectivity index (χ1n) is 4.31. The van der Waals surface area contributed by atoms with Crippen LogP contribution in [-0.4, -0.2) is 28.3 Å². The fourth-order valence-electron chi connectivity index (χ4n) is 1.48. The van der Waals surface area contributed by atoms with E-state index < -0.39 is 24.1 Å². The zero-order valence-corrected chi connectivity index (χ0v) is 7.58. The molecule has 5 heteroatoms. The van der Waals surface area contributed by atoms with Crippen molar-refractivity contribution in [3.8, 4) is 0 Å². The number of carbonyl (C=O) groups is 2. The van der Waals surface area contributed by atoms with Crippen molar-refractivity contribution in [2.24, 2.45) is 0 Å². The summed E-state index contributed by atoms with van der Waals surface area (Å²) >= 11 is 0. The van der Waals surface area contributed by atoms with Gasteiger partial charge in [-0.15, -0.1) is 0 Å². The van der Waals surface area contributed by atoms with Gasteiger partial charge in [0.1, 0.15) is 6.10 Å². The molecular weight excluding hydrogens is 200 g/mol. The van der Waals surface area contributed by atoms with Crippen molar-refractivity contribution in [2.45, 2.75) is 12.2 Å². The van der Waals surface area contributed by atoms with Gasteiger partial charge in [-0.25, -0.2) is 9.59 Å². The van der Waals surface area contributed by atoms with Crippen molar-refractivity contribution in [1.82, 2.24) is 0 Å². The Morgan fingerprint density at radius 2 is 1.87 bits per heavy atom. The zero-order valence-electron chi connectivity index (χ0n) is 7.58. The van der Waals surface area contributed by atoms with Gasteiger partial charge >= 0.3 is 11.9 Å². The normalized spacial score (nSPS) is 23.5. The molecule has 0 bridgehead atoms. The highest BCUT2D eigenvalue weighted by Gasteiger charge is 2.47. The lowest BCUT2D eigenvalue weighted by Gasteiger charge is -2.00. The summed E-state index contributed by atoms with van der Waals surface area (Å²) in [5, 5.41) is 17.5. The van der Waals surface area contributed by atoms with Crippen LogP contribution in [0.4, 0.5) is 0 Å². The molecule has 1 heterocycles. The van der Waals surface area contributed by atoms with E-state index in [1.54, 1.807) is 18.2 Å². The van der Waals surface area contributed by atoms with Crippen LogP contribution in [-0.2, 0) is 9.53 Å². The maximum Gasteiger partial charge on any atom is 0.336 e. The van der Waals surface area contributed by atoms with E-state index in [9.17, 15) is 9.59 Å². The molecule has 0 saturated carbocycles. The van der Waals surface area contributed by atoms with Crippen LogP contribution < -0.4 is 0 Å². The minimum absolute atomic E-state index is 0.0891. The third kappa shape index (κ3) is 1.69. The first-order chi connectivity index (χ1) is 7.11. The second kappa shape index (κ2) is 3.36. The molecule has 1 fully saturated rings. The number of hydrogen-bond acceptors (Lipinski definition) is 3. The fraction of sp³-hybridized carbons (Fsp3) is 0.200. The van der Waals surface area contributed by atoms with Crippen LogP contribution in [0.1, 0.15) is 22.0 Å². The number of rotatable bonds is 3. The van der Waals surface area contributed by atoms with Gasteiger partial charge in [-0.3, -0.25) is 0 Å². The molecule has 2 N–H and O–H groups in total. The van der Waals surface area contributed by atoms with Crippen molar-refractivity contribution in [3.63, 3.8) is 0 Å². The fourth-order valence-corrected chi connectivity index (χ4v) is 1.48. The van der Waals surface area contributed by atoms with Gasteiger partial charge in [0, 0.05) is 0 Å². The summed E-state index contributed by atoms with van der Waals surface area (Å²) in [4.78, 5) is 21.4. The first-order valence-corrected chi connectivity index (χ1v) is 4.31. The van der Waals surface area contributed by atoms with E-state index in [0.717, 1.165) is 0 Å². The van der Waals surface area contributed by atoms with Crippen LogP contribution in [0.2, 0.25) is 0 Å². The van der Waals surface area contributed by atoms with E-state index in [-0.39, 0.29) is 5.56 Å². The summed E-state index contributed by atoms with van der Waals surface area (Å²) in [6, 6.07) is 6.24. The summed E-state index contributed by atoms with van der Waals surface area (Å²) in [6.07, 6.45) is -1.54. The van der Waals surface area contributed by atoms with Gasteiger partial charge in [0.15, 0.2) is 6.10 Å². The Morgan fingerprint density at radius 3 is 2.40 bits per heavy atom. The van der Waals surface area contributed by atoms with Crippen molar-refractivity contribution >= 4 is 11.9 Å². The van der Waals surface area contributed by atoms with E-state index in [1.807, 2.05) is 0 Å². The molecular formula is C10H8O5. The average molecular weight is 208 g/mol. The number of hydrogen-bond donors (Lipinski definition) is 2. The zero-order chi connectivity index (χ0) is 11.0. The standard InChI is InChI=1S/C10H8O5/c11-9(12)6-4-2-1-3-5(6)7-8(15-7)10(13)14/h1-4,7-8H,(H,11,12)(H,13,14). The molecule has 1 saturated heterocycles. The minimum Gasteiger partial charge on any atom is -0.479 e. The molecule has 1 aromatic carbocycles. The highest BCUT2D eigenvalue weighted by Crippen LogP contribution is 2.40. The molecule has 0 aromatic heterocycles.